The normalized spacial score (nSPS) is 14.5. The van der Waals surface area contributed by atoms with Gasteiger partial charge in [-0.25, -0.2) is 4.98 Å². The fraction of sp³-hybridized carbons (Fsp3) is 0.400. The molecule has 3 nitrogen and oxygen atoms in total. The van der Waals surface area contributed by atoms with Crippen molar-refractivity contribution in [1.82, 2.24) is 10.3 Å². The largest absolute Gasteiger partial charge is 0.352 e. The van der Waals surface area contributed by atoms with Gasteiger partial charge in [-0.3, -0.25) is 0 Å². The highest BCUT2D eigenvalue weighted by atomic mass is 32.1. The fourth-order valence-electron chi connectivity index (χ4n) is 2.69. The van der Waals surface area contributed by atoms with E-state index in [4.69, 9.17) is 0 Å². The van der Waals surface area contributed by atoms with Crippen molar-refractivity contribution in [2.45, 2.75) is 26.4 Å². The van der Waals surface area contributed by atoms with Crippen molar-refractivity contribution in [2.75, 3.05) is 18.5 Å². The zero-order chi connectivity index (χ0) is 13.2. The summed E-state index contributed by atoms with van der Waals surface area (Å²) in [5, 5.41) is 5.37. The maximum Gasteiger partial charge on any atom is 0.131 e. The highest BCUT2D eigenvalue weighted by molar-refractivity contribution is 7.10. The fourth-order valence-corrected chi connectivity index (χ4v) is 3.58. The van der Waals surface area contributed by atoms with E-state index in [1.165, 1.54) is 16.7 Å². The number of hydrogen-bond acceptors (Lipinski definition) is 4. The molecular formula is C15H19N3S. The van der Waals surface area contributed by atoms with Crippen LogP contribution in [0.1, 0.15) is 21.6 Å². The SMILES string of the molecule is CNCc1cnc(N2CCc3sccc3C2)c(C)c1. The van der Waals surface area contributed by atoms with Gasteiger partial charge in [0.1, 0.15) is 5.82 Å². The molecule has 3 rings (SSSR count). The summed E-state index contributed by atoms with van der Waals surface area (Å²) >= 11 is 1.88. The summed E-state index contributed by atoms with van der Waals surface area (Å²) in [6, 6.07) is 4.48. The minimum atomic E-state index is 0.878. The maximum atomic E-state index is 4.67. The smallest absolute Gasteiger partial charge is 0.131 e. The lowest BCUT2D eigenvalue weighted by atomic mass is 10.1. The average molecular weight is 273 g/mol. The van der Waals surface area contributed by atoms with Crippen LogP contribution in [0.15, 0.2) is 23.7 Å². The van der Waals surface area contributed by atoms with E-state index in [0.717, 1.165) is 31.9 Å². The Morgan fingerprint density at radius 2 is 2.37 bits per heavy atom. The predicted molar refractivity (Wildman–Crippen MR) is 80.8 cm³/mol. The van der Waals surface area contributed by atoms with Crippen LogP contribution in [0.5, 0.6) is 0 Å². The van der Waals surface area contributed by atoms with Crippen molar-refractivity contribution in [3.8, 4) is 0 Å². The van der Waals surface area contributed by atoms with Crippen molar-refractivity contribution in [3.05, 3.63) is 45.3 Å². The Labute approximate surface area is 118 Å². The second-order valence-electron chi connectivity index (χ2n) is 5.05. The molecule has 0 fully saturated rings. The Balaban J connectivity index is 1.83. The van der Waals surface area contributed by atoms with Crippen molar-refractivity contribution in [2.24, 2.45) is 0 Å². The minimum Gasteiger partial charge on any atom is -0.352 e. The quantitative estimate of drug-likeness (QED) is 0.932. The first-order chi connectivity index (χ1) is 9.28. The third-order valence-corrected chi connectivity index (χ3v) is 4.62. The third-order valence-electron chi connectivity index (χ3n) is 3.60. The van der Waals surface area contributed by atoms with Gasteiger partial charge in [0.25, 0.3) is 0 Å². The lowest BCUT2D eigenvalue weighted by Crippen LogP contribution is -2.30. The molecule has 3 heterocycles. The van der Waals surface area contributed by atoms with Crippen molar-refractivity contribution in [1.29, 1.82) is 0 Å². The summed E-state index contributed by atoms with van der Waals surface area (Å²) in [5.74, 6) is 1.14. The van der Waals surface area contributed by atoms with Crippen LogP contribution in [-0.2, 0) is 19.5 Å². The van der Waals surface area contributed by atoms with Gasteiger partial charge in [-0.1, -0.05) is 0 Å². The molecule has 100 valence electrons. The van der Waals surface area contributed by atoms with Gasteiger partial charge in [-0.15, -0.1) is 11.3 Å². The first-order valence-electron chi connectivity index (χ1n) is 6.68. The molecule has 1 N–H and O–H groups in total. The van der Waals surface area contributed by atoms with Crippen molar-refractivity contribution >= 4 is 17.2 Å². The topological polar surface area (TPSA) is 28.2 Å². The van der Waals surface area contributed by atoms with Crippen molar-refractivity contribution in [3.63, 3.8) is 0 Å². The first-order valence-corrected chi connectivity index (χ1v) is 7.56. The lowest BCUT2D eigenvalue weighted by Gasteiger charge is -2.29. The van der Waals surface area contributed by atoms with Gasteiger partial charge in [0.15, 0.2) is 0 Å². The number of fused-ring (bicyclic) bond motifs is 1. The van der Waals surface area contributed by atoms with E-state index < -0.39 is 0 Å². The number of pyridine rings is 1. The highest BCUT2D eigenvalue weighted by Gasteiger charge is 2.19. The molecule has 0 atom stereocenters. The molecule has 0 aliphatic carbocycles. The monoisotopic (exact) mass is 273 g/mol. The van der Waals surface area contributed by atoms with Gasteiger partial charge < -0.3 is 10.2 Å². The second kappa shape index (κ2) is 5.31. The number of rotatable bonds is 3. The summed E-state index contributed by atoms with van der Waals surface area (Å²) in [6.07, 6.45) is 3.13. The molecule has 4 heteroatoms. The van der Waals surface area contributed by atoms with Crippen LogP contribution in [0.2, 0.25) is 0 Å². The molecule has 19 heavy (non-hydrogen) atoms. The minimum absolute atomic E-state index is 0.878. The molecule has 0 saturated carbocycles. The summed E-state index contributed by atoms with van der Waals surface area (Å²) in [5.41, 5.74) is 3.99. The Hall–Kier alpha value is -1.39. The van der Waals surface area contributed by atoms with Gasteiger partial charge in [0.2, 0.25) is 0 Å². The van der Waals surface area contributed by atoms with Gasteiger partial charge >= 0.3 is 0 Å². The molecule has 0 radical (unpaired) electrons. The second-order valence-corrected chi connectivity index (χ2v) is 6.06. The van der Waals surface area contributed by atoms with Gasteiger partial charge in [0.05, 0.1) is 0 Å². The van der Waals surface area contributed by atoms with E-state index in [2.05, 4.69) is 39.6 Å². The van der Waals surface area contributed by atoms with E-state index in [1.54, 1.807) is 4.88 Å². The molecule has 0 bridgehead atoms. The maximum absolute atomic E-state index is 4.67. The van der Waals surface area contributed by atoms with E-state index in [9.17, 15) is 0 Å². The molecule has 1 aliphatic heterocycles. The number of aromatic nitrogens is 1. The first kappa shape index (κ1) is 12.6. The van der Waals surface area contributed by atoms with Gasteiger partial charge in [-0.2, -0.15) is 0 Å². The van der Waals surface area contributed by atoms with Crippen LogP contribution >= 0.6 is 11.3 Å². The van der Waals surface area contributed by atoms with E-state index in [-0.39, 0.29) is 0 Å². The molecule has 2 aromatic rings. The molecule has 2 aromatic heterocycles. The number of aryl methyl sites for hydroxylation is 1. The molecule has 0 spiro atoms. The molecule has 0 aromatic carbocycles. The van der Waals surface area contributed by atoms with Gasteiger partial charge in [-0.05, 0) is 54.6 Å². The van der Waals surface area contributed by atoms with Crippen LogP contribution in [0.3, 0.4) is 0 Å². The summed E-state index contributed by atoms with van der Waals surface area (Å²) in [6.45, 7) is 5.11. The van der Waals surface area contributed by atoms with Crippen LogP contribution in [0, 0.1) is 6.92 Å². The standard InChI is InChI=1S/C15H19N3S/c1-11-7-12(8-16-2)9-17-15(11)18-5-3-14-13(10-18)4-6-19-14/h4,6-7,9,16H,3,5,8,10H2,1-2H3. The third kappa shape index (κ3) is 2.51. The molecule has 1 aliphatic rings. The Morgan fingerprint density at radius 3 is 3.16 bits per heavy atom. The zero-order valence-corrected chi connectivity index (χ0v) is 12.3. The van der Waals surface area contributed by atoms with Crippen LogP contribution < -0.4 is 10.2 Å². The lowest BCUT2D eigenvalue weighted by molar-refractivity contribution is 0.726. The Bertz CT molecular complexity index is 577. The van der Waals surface area contributed by atoms with E-state index in [1.807, 2.05) is 24.6 Å². The summed E-state index contributed by atoms with van der Waals surface area (Å²) < 4.78 is 0. The number of hydrogen-bond donors (Lipinski definition) is 1. The Kier molecular flexibility index (Phi) is 3.53. The number of nitrogens with zero attached hydrogens (tertiary/aromatic N) is 2. The van der Waals surface area contributed by atoms with E-state index in [0.29, 0.717) is 0 Å². The van der Waals surface area contributed by atoms with Crippen molar-refractivity contribution < 1.29 is 0 Å². The van der Waals surface area contributed by atoms with Gasteiger partial charge in [0, 0.05) is 30.7 Å². The van der Waals surface area contributed by atoms with Crippen LogP contribution in [0.4, 0.5) is 5.82 Å². The van der Waals surface area contributed by atoms with Crippen LogP contribution in [-0.4, -0.2) is 18.6 Å². The molecule has 0 amide bonds. The molecular weight excluding hydrogens is 254 g/mol. The molecule has 0 unspecified atom stereocenters. The number of nitrogens with one attached hydrogen (secondary N) is 1. The number of thiophene rings is 1. The summed E-state index contributed by atoms with van der Waals surface area (Å²) in [7, 11) is 1.96. The number of anilines is 1. The Morgan fingerprint density at radius 1 is 1.47 bits per heavy atom. The predicted octanol–water partition coefficient (Wildman–Crippen LogP) is 2.73. The molecule has 0 saturated heterocycles. The van der Waals surface area contributed by atoms with Crippen LogP contribution in [0.25, 0.3) is 0 Å². The summed E-state index contributed by atoms with van der Waals surface area (Å²) in [4.78, 5) is 8.61. The zero-order valence-electron chi connectivity index (χ0n) is 11.4. The average Bonchev–Trinajstić information content (AvgIpc) is 2.86. The highest BCUT2D eigenvalue weighted by Crippen LogP contribution is 2.28. The van der Waals surface area contributed by atoms with E-state index >= 15 is 0 Å².